The summed E-state index contributed by atoms with van der Waals surface area (Å²) in [5.41, 5.74) is 1.88. The molecule has 2 aliphatic rings. The maximum absolute atomic E-state index is 12.4. The van der Waals surface area contributed by atoms with Gasteiger partial charge >= 0.3 is 5.97 Å². The van der Waals surface area contributed by atoms with Crippen molar-refractivity contribution < 1.29 is 19.0 Å². The van der Waals surface area contributed by atoms with Gasteiger partial charge in [-0.2, -0.15) is 0 Å². The quantitative estimate of drug-likeness (QED) is 0.478. The van der Waals surface area contributed by atoms with Gasteiger partial charge in [0.15, 0.2) is 12.0 Å². The molecule has 0 amide bonds. The summed E-state index contributed by atoms with van der Waals surface area (Å²) < 4.78 is 16.9. The molecular formula is C18H21ClO4. The van der Waals surface area contributed by atoms with E-state index in [0.29, 0.717) is 30.4 Å². The second-order valence-corrected chi connectivity index (χ2v) is 6.52. The average molecular weight is 337 g/mol. The topological polar surface area (TPSA) is 44.8 Å². The predicted octanol–water partition coefficient (Wildman–Crippen LogP) is 3.68. The van der Waals surface area contributed by atoms with E-state index >= 15 is 0 Å². The number of esters is 1. The first-order valence-corrected chi connectivity index (χ1v) is 8.31. The van der Waals surface area contributed by atoms with Crippen molar-refractivity contribution >= 4 is 17.6 Å². The molecule has 0 bridgehead atoms. The summed E-state index contributed by atoms with van der Waals surface area (Å²) in [5, 5.41) is 0.523. The van der Waals surface area contributed by atoms with E-state index in [2.05, 4.69) is 6.58 Å². The molecule has 0 aromatic heterocycles. The number of ether oxygens (including phenoxy) is 3. The Hall–Kier alpha value is -1.36. The Morgan fingerprint density at radius 3 is 2.78 bits per heavy atom. The second-order valence-electron chi connectivity index (χ2n) is 6.14. The lowest BCUT2D eigenvalue weighted by molar-refractivity contribution is -0.212. The Balaban J connectivity index is 1.67. The predicted molar refractivity (Wildman–Crippen MR) is 87.6 cm³/mol. The van der Waals surface area contributed by atoms with Gasteiger partial charge in [0.1, 0.15) is 0 Å². The molecule has 1 saturated heterocycles. The summed E-state index contributed by atoms with van der Waals surface area (Å²) in [5.74, 6) is 0.0264. The number of carbonyl (C=O) groups is 1. The second kappa shape index (κ2) is 7.04. The number of rotatable bonds is 4. The molecule has 2 aliphatic heterocycles. The molecule has 1 aromatic carbocycles. The highest BCUT2D eigenvalue weighted by Crippen LogP contribution is 2.39. The maximum Gasteiger partial charge on any atom is 0.315 e. The fourth-order valence-corrected chi connectivity index (χ4v) is 3.26. The number of hydrogen-bond donors (Lipinski definition) is 0. The molecule has 23 heavy (non-hydrogen) atoms. The van der Waals surface area contributed by atoms with Gasteiger partial charge in [0.05, 0.1) is 24.2 Å². The number of allylic oxidation sites excluding steroid dienone is 1. The van der Waals surface area contributed by atoms with Crippen molar-refractivity contribution in [3.05, 3.63) is 40.9 Å². The number of fused-ring (bicyclic) bond motifs is 1. The third-order valence-corrected chi connectivity index (χ3v) is 4.95. The Labute approximate surface area is 141 Å². The molecule has 5 heteroatoms. The summed E-state index contributed by atoms with van der Waals surface area (Å²) in [6.07, 6.45) is 3.91. The van der Waals surface area contributed by atoms with E-state index in [-0.39, 0.29) is 24.1 Å². The van der Waals surface area contributed by atoms with Crippen molar-refractivity contribution in [1.82, 2.24) is 0 Å². The van der Waals surface area contributed by atoms with E-state index in [0.717, 1.165) is 24.0 Å². The van der Waals surface area contributed by atoms with Crippen molar-refractivity contribution in [2.75, 3.05) is 13.2 Å². The Bertz CT molecular complexity index is 605. The number of hydrogen-bond acceptors (Lipinski definition) is 4. The molecule has 1 unspecified atom stereocenters. The van der Waals surface area contributed by atoms with Gasteiger partial charge in [0, 0.05) is 12.3 Å². The molecule has 0 saturated carbocycles. The van der Waals surface area contributed by atoms with Crippen molar-refractivity contribution in [3.8, 4) is 5.75 Å². The minimum atomic E-state index is -0.248. The molecule has 0 aliphatic carbocycles. The Morgan fingerprint density at radius 1 is 1.35 bits per heavy atom. The first-order chi connectivity index (χ1) is 11.1. The van der Waals surface area contributed by atoms with Gasteiger partial charge in [-0.25, -0.2) is 0 Å². The average Bonchev–Trinajstić information content (AvgIpc) is 2.57. The third kappa shape index (κ3) is 3.44. The number of aryl methyl sites for hydroxylation is 1. The van der Waals surface area contributed by atoms with E-state index in [9.17, 15) is 4.79 Å². The first-order valence-electron chi connectivity index (χ1n) is 7.94. The lowest BCUT2D eigenvalue weighted by Gasteiger charge is -2.35. The van der Waals surface area contributed by atoms with Crippen LogP contribution in [0.5, 0.6) is 5.75 Å². The summed E-state index contributed by atoms with van der Waals surface area (Å²) in [7, 11) is 0. The van der Waals surface area contributed by atoms with Crippen LogP contribution in [0.2, 0.25) is 5.02 Å². The van der Waals surface area contributed by atoms with Gasteiger partial charge in [0.25, 0.3) is 0 Å². The summed E-state index contributed by atoms with van der Waals surface area (Å²) in [6.45, 7) is 6.61. The first kappa shape index (κ1) is 16.5. The molecule has 1 fully saturated rings. The third-order valence-electron chi connectivity index (χ3n) is 4.48. The van der Waals surface area contributed by atoms with Gasteiger partial charge in [-0.05, 0) is 30.9 Å². The van der Waals surface area contributed by atoms with Crippen LogP contribution in [0.15, 0.2) is 24.8 Å². The molecule has 0 N–H and O–H groups in total. The highest BCUT2D eigenvalue weighted by atomic mass is 35.5. The monoisotopic (exact) mass is 336 g/mol. The molecule has 0 spiro atoms. The van der Waals surface area contributed by atoms with Crippen LogP contribution in [-0.2, 0) is 20.7 Å². The fourth-order valence-electron chi connectivity index (χ4n) is 3.03. The Morgan fingerprint density at radius 2 is 2.09 bits per heavy atom. The van der Waals surface area contributed by atoms with E-state index in [4.69, 9.17) is 25.8 Å². The molecular weight excluding hydrogens is 316 g/mol. The van der Waals surface area contributed by atoms with Gasteiger partial charge in [-0.15, -0.1) is 6.58 Å². The molecule has 0 radical (unpaired) electrons. The van der Waals surface area contributed by atoms with E-state index in [1.807, 2.05) is 25.1 Å². The van der Waals surface area contributed by atoms with Gasteiger partial charge in [0.2, 0.25) is 0 Å². The summed E-state index contributed by atoms with van der Waals surface area (Å²) >= 11 is 6.24. The van der Waals surface area contributed by atoms with Gasteiger partial charge in [-0.1, -0.05) is 29.8 Å². The van der Waals surface area contributed by atoms with Gasteiger partial charge in [-0.3, -0.25) is 4.79 Å². The minimum Gasteiger partial charge on any atom is -0.424 e. The van der Waals surface area contributed by atoms with Crippen LogP contribution in [0.3, 0.4) is 0 Å². The molecule has 1 aromatic rings. The molecule has 2 heterocycles. The zero-order valence-electron chi connectivity index (χ0n) is 13.2. The highest BCUT2D eigenvalue weighted by molar-refractivity contribution is 6.33. The lowest BCUT2D eigenvalue weighted by atomic mass is 9.85. The number of carbonyl (C=O) groups excluding carboxylic acids is 1. The van der Waals surface area contributed by atoms with Crippen LogP contribution in [-0.4, -0.2) is 25.5 Å². The molecule has 3 rings (SSSR count). The standard InChI is InChI=1S/C18H21ClO4/c1-3-4-5-15-21-9-13(10-22-15)14-8-12-7-6-11(2)16(19)17(12)23-18(14)20/h3,6-7,13-15H,1,4-5,8-10H2,2H3. The van der Waals surface area contributed by atoms with Gasteiger partial charge < -0.3 is 14.2 Å². The SMILES string of the molecule is C=CCCC1OCC(C2Cc3ccc(C)c(Cl)c3OC2=O)CO1. The van der Waals surface area contributed by atoms with Crippen LogP contribution in [0.25, 0.3) is 0 Å². The summed E-state index contributed by atoms with van der Waals surface area (Å²) in [6, 6.07) is 3.93. The molecule has 4 nitrogen and oxygen atoms in total. The van der Waals surface area contributed by atoms with Crippen LogP contribution in [0.4, 0.5) is 0 Å². The zero-order valence-corrected chi connectivity index (χ0v) is 14.0. The summed E-state index contributed by atoms with van der Waals surface area (Å²) in [4.78, 5) is 12.4. The maximum atomic E-state index is 12.4. The minimum absolute atomic E-state index is 0.00992. The van der Waals surface area contributed by atoms with Crippen molar-refractivity contribution in [2.24, 2.45) is 11.8 Å². The van der Waals surface area contributed by atoms with Crippen molar-refractivity contribution in [2.45, 2.75) is 32.5 Å². The van der Waals surface area contributed by atoms with E-state index < -0.39 is 0 Å². The smallest absolute Gasteiger partial charge is 0.315 e. The highest BCUT2D eigenvalue weighted by Gasteiger charge is 2.38. The normalized spacial score (nSPS) is 27.2. The van der Waals surface area contributed by atoms with E-state index in [1.165, 1.54) is 0 Å². The number of benzene rings is 1. The van der Waals surface area contributed by atoms with Crippen molar-refractivity contribution in [1.29, 1.82) is 0 Å². The molecule has 1 atom stereocenters. The van der Waals surface area contributed by atoms with Crippen LogP contribution in [0, 0.1) is 18.8 Å². The van der Waals surface area contributed by atoms with Crippen LogP contribution in [0.1, 0.15) is 24.0 Å². The lowest BCUT2D eigenvalue weighted by Crippen LogP contribution is -2.42. The van der Waals surface area contributed by atoms with E-state index in [1.54, 1.807) is 0 Å². The Kier molecular flexibility index (Phi) is 5.05. The zero-order chi connectivity index (χ0) is 16.4. The molecule has 124 valence electrons. The number of halogens is 1. The largest absolute Gasteiger partial charge is 0.424 e. The van der Waals surface area contributed by atoms with Crippen LogP contribution < -0.4 is 4.74 Å². The van der Waals surface area contributed by atoms with Crippen LogP contribution >= 0.6 is 11.6 Å². The van der Waals surface area contributed by atoms with Crippen molar-refractivity contribution in [3.63, 3.8) is 0 Å². The fraction of sp³-hybridized carbons (Fsp3) is 0.500.